The Kier molecular flexibility index (Phi) is 6.12. The molecule has 31 heavy (non-hydrogen) atoms. The highest BCUT2D eigenvalue weighted by Crippen LogP contribution is 2.33. The Labute approximate surface area is 180 Å². The topological polar surface area (TPSA) is 80.2 Å². The van der Waals surface area contributed by atoms with Crippen LogP contribution in [0.4, 0.5) is 23.7 Å². The van der Waals surface area contributed by atoms with Crippen LogP contribution in [0.2, 0.25) is 5.02 Å². The molecule has 1 atom stereocenters. The Morgan fingerprint density at radius 3 is 2.29 bits per heavy atom. The van der Waals surface area contributed by atoms with Crippen LogP contribution in [0.5, 0.6) is 5.75 Å². The average Bonchev–Trinajstić information content (AvgIpc) is 3.07. The second-order valence-corrected chi connectivity index (χ2v) is 7.28. The summed E-state index contributed by atoms with van der Waals surface area (Å²) >= 11 is 5.92. The van der Waals surface area contributed by atoms with Crippen LogP contribution < -0.4 is 10.1 Å². The monoisotopic (exact) mass is 455 g/mol. The number of anilines is 1. The van der Waals surface area contributed by atoms with Gasteiger partial charge in [-0.25, -0.2) is 9.80 Å². The van der Waals surface area contributed by atoms with Crippen LogP contribution in [0.3, 0.4) is 0 Å². The van der Waals surface area contributed by atoms with Gasteiger partial charge in [0.05, 0.1) is 19.4 Å². The summed E-state index contributed by atoms with van der Waals surface area (Å²) in [5, 5.41) is 8.36. The Hall–Kier alpha value is -3.27. The molecule has 0 unspecified atom stereocenters. The molecule has 0 saturated heterocycles. The lowest BCUT2D eigenvalue weighted by atomic mass is 9.82. The third kappa shape index (κ3) is 5.08. The number of alkyl halides is 3. The number of methoxy groups -OCH3 is 1. The number of hydrogen-bond acceptors (Lipinski definition) is 5. The fourth-order valence-corrected chi connectivity index (χ4v) is 3.18. The molecule has 0 aliphatic carbocycles. The minimum absolute atomic E-state index is 0.0985. The number of carbonyl (C=O) groups is 2. The summed E-state index contributed by atoms with van der Waals surface area (Å²) in [6, 6.07) is 10.5. The first-order valence-electron chi connectivity index (χ1n) is 8.89. The number of hydrogen-bond donors (Lipinski definition) is 1. The van der Waals surface area contributed by atoms with Gasteiger partial charge in [0.15, 0.2) is 0 Å². The van der Waals surface area contributed by atoms with Gasteiger partial charge in [0.25, 0.3) is 0 Å². The average molecular weight is 456 g/mol. The van der Waals surface area contributed by atoms with Gasteiger partial charge in [-0.1, -0.05) is 23.7 Å². The van der Waals surface area contributed by atoms with Crippen molar-refractivity contribution in [1.29, 1.82) is 0 Å². The van der Waals surface area contributed by atoms with Crippen molar-refractivity contribution in [2.75, 3.05) is 19.0 Å². The van der Waals surface area contributed by atoms with Gasteiger partial charge in [-0.3, -0.25) is 4.79 Å². The molecule has 2 amide bonds. The van der Waals surface area contributed by atoms with Crippen molar-refractivity contribution in [2.24, 2.45) is 10.5 Å². The number of esters is 1. The third-order valence-electron chi connectivity index (χ3n) is 4.54. The first-order chi connectivity index (χ1) is 14.5. The van der Waals surface area contributed by atoms with Gasteiger partial charge in [-0.2, -0.15) is 5.10 Å². The SMILES string of the molecule is COC(=O)[C@]1(C)CN(C(=O)Nc2ccc(OC(F)(F)F)cc2)N=C1c1ccc(Cl)cc1. The maximum absolute atomic E-state index is 12.7. The highest BCUT2D eigenvalue weighted by atomic mass is 35.5. The summed E-state index contributed by atoms with van der Waals surface area (Å²) in [5.74, 6) is -1.00. The van der Waals surface area contributed by atoms with Crippen molar-refractivity contribution >= 4 is 35.0 Å². The van der Waals surface area contributed by atoms with Crippen LogP contribution in [0.15, 0.2) is 53.6 Å². The molecule has 1 N–H and O–H groups in total. The van der Waals surface area contributed by atoms with E-state index in [2.05, 4.69) is 15.2 Å². The first kappa shape index (κ1) is 22.4. The lowest BCUT2D eigenvalue weighted by Crippen LogP contribution is -2.42. The van der Waals surface area contributed by atoms with Crippen LogP contribution in [0.25, 0.3) is 0 Å². The summed E-state index contributed by atoms with van der Waals surface area (Å²) in [6.07, 6.45) is -4.81. The van der Waals surface area contributed by atoms with Gasteiger partial charge in [-0.15, -0.1) is 13.2 Å². The maximum atomic E-state index is 12.7. The van der Waals surface area contributed by atoms with Crippen LogP contribution in [-0.2, 0) is 9.53 Å². The maximum Gasteiger partial charge on any atom is 0.573 e. The zero-order valence-corrected chi connectivity index (χ0v) is 17.1. The molecule has 1 aliphatic heterocycles. The van der Waals surface area contributed by atoms with Crippen molar-refractivity contribution in [3.05, 3.63) is 59.1 Å². The zero-order chi connectivity index (χ0) is 22.8. The Morgan fingerprint density at radius 1 is 1.13 bits per heavy atom. The van der Waals surface area contributed by atoms with E-state index in [0.717, 1.165) is 17.1 Å². The number of rotatable bonds is 4. The molecular weight excluding hydrogens is 439 g/mol. The smallest absolute Gasteiger partial charge is 0.468 e. The predicted octanol–water partition coefficient (Wildman–Crippen LogP) is 4.67. The Morgan fingerprint density at radius 2 is 1.74 bits per heavy atom. The Balaban J connectivity index is 1.81. The van der Waals surface area contributed by atoms with E-state index < -0.39 is 29.5 Å². The number of halogens is 4. The number of nitrogens with zero attached hydrogens (tertiary/aromatic N) is 2. The van der Waals surface area contributed by atoms with Crippen molar-refractivity contribution in [3.63, 3.8) is 0 Å². The number of hydrazone groups is 1. The first-order valence-corrected chi connectivity index (χ1v) is 9.27. The highest BCUT2D eigenvalue weighted by Gasteiger charge is 2.48. The summed E-state index contributed by atoms with van der Waals surface area (Å²) < 4.78 is 45.5. The van der Waals surface area contributed by atoms with Gasteiger partial charge >= 0.3 is 18.4 Å². The molecule has 0 spiro atoms. The van der Waals surface area contributed by atoms with Gasteiger partial charge in [0.1, 0.15) is 11.2 Å². The fourth-order valence-electron chi connectivity index (χ4n) is 3.06. The van der Waals surface area contributed by atoms with E-state index in [1.54, 1.807) is 31.2 Å². The number of benzene rings is 2. The molecule has 0 bridgehead atoms. The van der Waals surface area contributed by atoms with E-state index in [0.29, 0.717) is 16.3 Å². The van der Waals surface area contributed by atoms with Gasteiger partial charge in [0.2, 0.25) is 0 Å². The van der Waals surface area contributed by atoms with E-state index >= 15 is 0 Å². The van der Waals surface area contributed by atoms with Gasteiger partial charge in [-0.05, 0) is 48.9 Å². The zero-order valence-electron chi connectivity index (χ0n) is 16.4. The molecule has 0 saturated carbocycles. The number of ether oxygens (including phenoxy) is 2. The molecule has 2 aromatic rings. The second kappa shape index (κ2) is 8.46. The largest absolute Gasteiger partial charge is 0.573 e. The molecule has 11 heteroatoms. The van der Waals surface area contributed by atoms with Crippen molar-refractivity contribution in [1.82, 2.24) is 5.01 Å². The molecule has 0 fully saturated rings. The molecule has 7 nitrogen and oxygen atoms in total. The summed E-state index contributed by atoms with van der Waals surface area (Å²) in [4.78, 5) is 25.2. The molecule has 1 heterocycles. The minimum Gasteiger partial charge on any atom is -0.468 e. The molecule has 164 valence electrons. The van der Waals surface area contributed by atoms with Crippen molar-refractivity contribution in [3.8, 4) is 5.75 Å². The fraction of sp³-hybridized carbons (Fsp3) is 0.250. The number of amides is 2. The number of carbonyl (C=O) groups excluding carboxylic acids is 2. The normalized spacial score (nSPS) is 18.4. The van der Waals surface area contributed by atoms with E-state index in [1.165, 1.54) is 19.2 Å². The van der Waals surface area contributed by atoms with Crippen LogP contribution in [0.1, 0.15) is 12.5 Å². The molecular formula is C20H17ClF3N3O4. The summed E-state index contributed by atoms with van der Waals surface area (Å²) in [5.41, 5.74) is -0.111. The van der Waals surface area contributed by atoms with E-state index in [4.69, 9.17) is 16.3 Å². The van der Waals surface area contributed by atoms with Gasteiger partial charge in [0, 0.05) is 10.7 Å². The van der Waals surface area contributed by atoms with Gasteiger partial charge < -0.3 is 14.8 Å². The van der Waals surface area contributed by atoms with Crippen LogP contribution in [0, 0.1) is 5.41 Å². The number of nitrogens with one attached hydrogen (secondary N) is 1. The molecule has 2 aromatic carbocycles. The van der Waals surface area contributed by atoms with Crippen LogP contribution >= 0.6 is 11.6 Å². The van der Waals surface area contributed by atoms with Crippen LogP contribution in [-0.4, -0.2) is 42.7 Å². The van der Waals surface area contributed by atoms with E-state index in [9.17, 15) is 22.8 Å². The van der Waals surface area contributed by atoms with Crippen molar-refractivity contribution in [2.45, 2.75) is 13.3 Å². The minimum atomic E-state index is -4.81. The lowest BCUT2D eigenvalue weighted by molar-refractivity contribution is -0.274. The highest BCUT2D eigenvalue weighted by molar-refractivity contribution is 6.30. The molecule has 0 radical (unpaired) electrons. The Bertz CT molecular complexity index is 1010. The molecule has 1 aliphatic rings. The third-order valence-corrected chi connectivity index (χ3v) is 4.79. The predicted molar refractivity (Wildman–Crippen MR) is 107 cm³/mol. The van der Waals surface area contributed by atoms with E-state index in [1.807, 2.05) is 0 Å². The molecule has 3 rings (SSSR count). The second-order valence-electron chi connectivity index (χ2n) is 6.84. The summed E-state index contributed by atoms with van der Waals surface area (Å²) in [7, 11) is 1.24. The standard InChI is InChI=1S/C20H17ClF3N3O4/c1-19(17(28)30-2)11-27(26-16(19)12-3-5-13(21)6-4-12)18(29)25-14-7-9-15(10-8-14)31-20(22,23)24/h3-10H,11H2,1-2H3,(H,25,29)/t19-/m1/s1. The number of urea groups is 1. The van der Waals surface area contributed by atoms with Crippen molar-refractivity contribution < 1.29 is 32.2 Å². The lowest BCUT2D eigenvalue weighted by Gasteiger charge is -2.23. The molecule has 0 aromatic heterocycles. The van der Waals surface area contributed by atoms with E-state index in [-0.39, 0.29) is 12.2 Å². The summed E-state index contributed by atoms with van der Waals surface area (Å²) in [6.45, 7) is 1.50. The quantitative estimate of drug-likeness (QED) is 0.679.